The molecular weight excluding hydrogens is 84.1 g/mol. The van der Waals surface area contributed by atoms with Gasteiger partial charge < -0.3 is 0 Å². The fraction of sp³-hybridized carbons (Fsp3) is 1.00. The molecule has 0 aromatic rings. The van der Waals surface area contributed by atoms with E-state index < -0.39 is 0 Å². The van der Waals surface area contributed by atoms with Crippen LogP contribution in [0, 0.1) is 5.92 Å². The number of hydrogen-bond donors (Lipinski definition) is 0. The molecule has 0 heteroatoms. The van der Waals surface area contributed by atoms with Crippen LogP contribution in [0.5, 0.6) is 0 Å². The Balaban J connectivity index is 1.93. The lowest BCUT2D eigenvalue weighted by Crippen LogP contribution is -2.09. The van der Waals surface area contributed by atoms with Gasteiger partial charge in [0.15, 0.2) is 0 Å². The molecule has 0 atom stereocenters. The lowest BCUT2D eigenvalue weighted by Gasteiger charge is -2.24. The van der Waals surface area contributed by atoms with E-state index in [1.807, 2.05) is 0 Å². The standard InChI is InChI=1S/C7H14/c1-2-4-7-5-3-6-7/h7H,2-6H2,1H3. The van der Waals surface area contributed by atoms with Crippen LogP contribution in [-0.2, 0) is 0 Å². The minimum atomic E-state index is 1.13. The van der Waals surface area contributed by atoms with Crippen molar-refractivity contribution in [3.63, 3.8) is 0 Å². The summed E-state index contributed by atoms with van der Waals surface area (Å²) in [6, 6.07) is 0. The minimum absolute atomic E-state index is 1.13. The van der Waals surface area contributed by atoms with E-state index in [9.17, 15) is 0 Å². The largest absolute Gasteiger partial charge is 0.0654 e. The molecule has 0 saturated heterocycles. The van der Waals surface area contributed by atoms with Crippen LogP contribution in [0.1, 0.15) is 39.0 Å². The van der Waals surface area contributed by atoms with Gasteiger partial charge in [0.2, 0.25) is 0 Å². The molecule has 0 spiro atoms. The van der Waals surface area contributed by atoms with E-state index in [1.54, 1.807) is 0 Å². The Kier molecular flexibility index (Phi) is 1.72. The van der Waals surface area contributed by atoms with Crippen molar-refractivity contribution in [1.82, 2.24) is 0 Å². The van der Waals surface area contributed by atoms with Crippen molar-refractivity contribution in [2.45, 2.75) is 39.0 Å². The van der Waals surface area contributed by atoms with Crippen molar-refractivity contribution in [2.24, 2.45) is 5.92 Å². The topological polar surface area (TPSA) is 0 Å². The van der Waals surface area contributed by atoms with E-state index in [2.05, 4.69) is 6.92 Å². The summed E-state index contributed by atoms with van der Waals surface area (Å²) in [6.45, 7) is 2.28. The Morgan fingerprint density at radius 2 is 2.14 bits per heavy atom. The molecule has 0 unspecified atom stereocenters. The summed E-state index contributed by atoms with van der Waals surface area (Å²) in [4.78, 5) is 0. The summed E-state index contributed by atoms with van der Waals surface area (Å²) in [5.41, 5.74) is 0. The Hall–Kier alpha value is 0. The van der Waals surface area contributed by atoms with Crippen LogP contribution >= 0.6 is 0 Å². The molecule has 0 nitrogen and oxygen atoms in total. The zero-order valence-corrected chi connectivity index (χ0v) is 5.11. The smallest absolute Gasteiger partial charge is 0.0414 e. The molecule has 1 aliphatic rings. The predicted molar refractivity (Wildman–Crippen MR) is 32.2 cm³/mol. The second-order valence-electron chi connectivity index (χ2n) is 2.59. The molecule has 1 fully saturated rings. The molecule has 0 aromatic heterocycles. The van der Waals surface area contributed by atoms with Crippen LogP contribution in [-0.4, -0.2) is 0 Å². The van der Waals surface area contributed by atoms with E-state index in [-0.39, 0.29) is 0 Å². The molecule has 0 bridgehead atoms. The highest BCUT2D eigenvalue weighted by atomic mass is 14.2. The van der Waals surface area contributed by atoms with E-state index in [1.165, 1.54) is 32.1 Å². The first kappa shape index (κ1) is 5.14. The fourth-order valence-electron chi connectivity index (χ4n) is 1.19. The van der Waals surface area contributed by atoms with E-state index in [4.69, 9.17) is 0 Å². The van der Waals surface area contributed by atoms with Crippen molar-refractivity contribution < 1.29 is 0 Å². The molecule has 0 amide bonds. The number of rotatable bonds is 2. The van der Waals surface area contributed by atoms with Gasteiger partial charge in [-0.3, -0.25) is 0 Å². The summed E-state index contributed by atoms with van der Waals surface area (Å²) in [7, 11) is 0. The van der Waals surface area contributed by atoms with Crippen LogP contribution in [0.4, 0.5) is 0 Å². The lowest BCUT2D eigenvalue weighted by molar-refractivity contribution is 0.294. The van der Waals surface area contributed by atoms with Crippen molar-refractivity contribution >= 4 is 0 Å². The average Bonchev–Trinajstić information content (AvgIpc) is 1.55. The van der Waals surface area contributed by atoms with Gasteiger partial charge in [0.05, 0.1) is 0 Å². The first-order chi connectivity index (χ1) is 3.43. The Morgan fingerprint density at radius 3 is 2.29 bits per heavy atom. The average molecular weight is 98.2 g/mol. The van der Waals surface area contributed by atoms with Gasteiger partial charge in [0.25, 0.3) is 0 Å². The van der Waals surface area contributed by atoms with Crippen LogP contribution in [0.25, 0.3) is 0 Å². The molecule has 0 aliphatic heterocycles. The molecule has 1 rings (SSSR count). The molecular formula is C7H14. The summed E-state index contributed by atoms with van der Waals surface area (Å²) < 4.78 is 0. The van der Waals surface area contributed by atoms with Gasteiger partial charge in [-0.05, 0) is 5.92 Å². The maximum Gasteiger partial charge on any atom is -0.0414 e. The molecule has 0 N–H and O–H groups in total. The second kappa shape index (κ2) is 2.34. The van der Waals surface area contributed by atoms with Gasteiger partial charge in [-0.25, -0.2) is 0 Å². The third kappa shape index (κ3) is 1.19. The van der Waals surface area contributed by atoms with Gasteiger partial charge >= 0.3 is 0 Å². The third-order valence-electron chi connectivity index (χ3n) is 1.92. The molecule has 42 valence electrons. The second-order valence-corrected chi connectivity index (χ2v) is 2.59. The first-order valence-electron chi connectivity index (χ1n) is 3.43. The van der Waals surface area contributed by atoms with Gasteiger partial charge in [0.1, 0.15) is 0 Å². The summed E-state index contributed by atoms with van der Waals surface area (Å²) in [5, 5.41) is 0. The zero-order chi connectivity index (χ0) is 5.11. The Labute approximate surface area is 45.9 Å². The van der Waals surface area contributed by atoms with Crippen LogP contribution in [0.3, 0.4) is 0 Å². The van der Waals surface area contributed by atoms with Crippen molar-refractivity contribution in [2.75, 3.05) is 0 Å². The zero-order valence-electron chi connectivity index (χ0n) is 5.11. The summed E-state index contributed by atoms with van der Waals surface area (Å²) in [5.74, 6) is 1.13. The summed E-state index contributed by atoms with van der Waals surface area (Å²) in [6.07, 6.45) is 7.43. The van der Waals surface area contributed by atoms with Crippen molar-refractivity contribution in [3.05, 3.63) is 0 Å². The van der Waals surface area contributed by atoms with E-state index in [0.717, 1.165) is 5.92 Å². The van der Waals surface area contributed by atoms with Crippen LogP contribution in [0.15, 0.2) is 0 Å². The van der Waals surface area contributed by atoms with Crippen molar-refractivity contribution in [3.8, 4) is 0 Å². The molecule has 0 aromatic carbocycles. The van der Waals surface area contributed by atoms with Crippen molar-refractivity contribution in [1.29, 1.82) is 0 Å². The highest BCUT2D eigenvalue weighted by Crippen LogP contribution is 2.29. The monoisotopic (exact) mass is 98.1 g/mol. The Morgan fingerprint density at radius 1 is 1.43 bits per heavy atom. The highest BCUT2D eigenvalue weighted by Gasteiger charge is 2.14. The first-order valence-corrected chi connectivity index (χ1v) is 3.43. The lowest BCUT2D eigenvalue weighted by atomic mass is 9.82. The van der Waals surface area contributed by atoms with Gasteiger partial charge in [-0.2, -0.15) is 0 Å². The molecule has 1 aliphatic carbocycles. The Bertz CT molecular complexity index is 44.0. The van der Waals surface area contributed by atoms with Gasteiger partial charge in [-0.15, -0.1) is 0 Å². The minimum Gasteiger partial charge on any atom is -0.0654 e. The van der Waals surface area contributed by atoms with Crippen LogP contribution in [0.2, 0.25) is 0 Å². The van der Waals surface area contributed by atoms with Gasteiger partial charge in [-0.1, -0.05) is 39.0 Å². The summed E-state index contributed by atoms with van der Waals surface area (Å²) >= 11 is 0. The molecule has 1 saturated carbocycles. The maximum atomic E-state index is 2.28. The fourth-order valence-corrected chi connectivity index (χ4v) is 1.19. The van der Waals surface area contributed by atoms with E-state index >= 15 is 0 Å². The predicted octanol–water partition coefficient (Wildman–Crippen LogP) is 2.59. The number of hydrogen-bond acceptors (Lipinski definition) is 0. The maximum absolute atomic E-state index is 2.28. The van der Waals surface area contributed by atoms with Gasteiger partial charge in [0, 0.05) is 0 Å². The molecule has 0 radical (unpaired) electrons. The third-order valence-corrected chi connectivity index (χ3v) is 1.92. The quantitative estimate of drug-likeness (QED) is 0.498. The normalized spacial score (nSPS) is 21.9. The van der Waals surface area contributed by atoms with Crippen LogP contribution < -0.4 is 0 Å². The highest BCUT2D eigenvalue weighted by molar-refractivity contribution is 4.67. The SMILES string of the molecule is CCCC1CCC1. The molecule has 0 heterocycles. The molecule has 7 heavy (non-hydrogen) atoms. The van der Waals surface area contributed by atoms with E-state index in [0.29, 0.717) is 0 Å².